The van der Waals surface area contributed by atoms with Crippen LogP contribution in [0.25, 0.3) is 0 Å². The first-order valence-corrected chi connectivity index (χ1v) is 6.33. The van der Waals surface area contributed by atoms with Crippen LogP contribution in [0, 0.1) is 11.3 Å². The van der Waals surface area contributed by atoms with Crippen LogP contribution in [0.15, 0.2) is 0 Å². The topological polar surface area (TPSA) is 78.4 Å². The zero-order chi connectivity index (χ0) is 12.5. The second-order valence-corrected chi connectivity index (χ2v) is 5.18. The van der Waals surface area contributed by atoms with Crippen LogP contribution in [0.1, 0.15) is 32.6 Å². The smallest absolute Gasteiger partial charge is 0.326 e. The van der Waals surface area contributed by atoms with Crippen LogP contribution in [0.5, 0.6) is 0 Å². The fraction of sp³-hybridized carbons (Fsp3) is 0.833. The molecule has 1 amide bonds. The Morgan fingerprint density at radius 1 is 1.47 bits per heavy atom. The Bertz CT molecular complexity index is 324. The number of carbonyl (C=O) groups is 2. The van der Waals surface area contributed by atoms with Crippen molar-refractivity contribution in [3.05, 3.63) is 0 Å². The molecule has 1 heterocycles. The van der Waals surface area contributed by atoms with Crippen molar-refractivity contribution < 1.29 is 14.7 Å². The van der Waals surface area contributed by atoms with Gasteiger partial charge in [-0.25, -0.2) is 4.79 Å². The third-order valence-corrected chi connectivity index (χ3v) is 4.13. The number of carboxylic acid groups (broad SMARTS) is 1. The zero-order valence-electron chi connectivity index (χ0n) is 10.2. The first-order chi connectivity index (χ1) is 8.09. The third-order valence-electron chi connectivity index (χ3n) is 4.13. The van der Waals surface area contributed by atoms with E-state index in [0.717, 1.165) is 32.4 Å². The van der Waals surface area contributed by atoms with Crippen LogP contribution in [0.4, 0.5) is 0 Å². The van der Waals surface area contributed by atoms with Gasteiger partial charge in [0.15, 0.2) is 0 Å². The lowest BCUT2D eigenvalue weighted by Gasteiger charge is -2.23. The Labute approximate surface area is 101 Å². The van der Waals surface area contributed by atoms with E-state index in [2.05, 4.69) is 10.6 Å². The molecule has 2 atom stereocenters. The lowest BCUT2D eigenvalue weighted by molar-refractivity contribution is -0.142. The largest absolute Gasteiger partial charge is 0.480 e. The van der Waals surface area contributed by atoms with Gasteiger partial charge in [0.1, 0.15) is 6.04 Å². The van der Waals surface area contributed by atoms with Gasteiger partial charge in [-0.15, -0.1) is 0 Å². The molecule has 96 valence electrons. The molecule has 1 aliphatic heterocycles. The highest BCUT2D eigenvalue weighted by Crippen LogP contribution is 2.58. The van der Waals surface area contributed by atoms with Crippen molar-refractivity contribution in [3.63, 3.8) is 0 Å². The van der Waals surface area contributed by atoms with E-state index in [-0.39, 0.29) is 17.2 Å². The fourth-order valence-corrected chi connectivity index (χ4v) is 2.81. The quantitative estimate of drug-likeness (QED) is 0.663. The standard InChI is InChI=1S/C12H20N2O3/c1-2-9(11(16)17)14-10(15)8-7-12(8)3-5-13-6-4-12/h8-9,13H,2-7H2,1H3,(H,14,15)(H,16,17)/t8?,9-/m0/s1. The highest BCUT2D eigenvalue weighted by molar-refractivity contribution is 5.87. The summed E-state index contributed by atoms with van der Waals surface area (Å²) in [5.74, 6) is -0.972. The Balaban J connectivity index is 1.88. The molecule has 0 radical (unpaired) electrons. The minimum Gasteiger partial charge on any atom is -0.480 e. The second kappa shape index (κ2) is 4.64. The summed E-state index contributed by atoms with van der Waals surface area (Å²) in [7, 11) is 0. The number of nitrogens with one attached hydrogen (secondary N) is 2. The van der Waals surface area contributed by atoms with Gasteiger partial charge in [0.2, 0.25) is 5.91 Å². The Morgan fingerprint density at radius 3 is 2.65 bits per heavy atom. The number of piperidine rings is 1. The molecular weight excluding hydrogens is 220 g/mol. The molecule has 1 saturated carbocycles. The van der Waals surface area contributed by atoms with E-state index < -0.39 is 12.0 Å². The summed E-state index contributed by atoms with van der Waals surface area (Å²) in [6.45, 7) is 3.71. The molecular formula is C12H20N2O3. The van der Waals surface area contributed by atoms with Gasteiger partial charge in [0.05, 0.1) is 0 Å². The van der Waals surface area contributed by atoms with Crippen molar-refractivity contribution in [2.45, 2.75) is 38.6 Å². The van der Waals surface area contributed by atoms with Gasteiger partial charge in [-0.05, 0) is 44.2 Å². The van der Waals surface area contributed by atoms with Crippen LogP contribution in [0.2, 0.25) is 0 Å². The van der Waals surface area contributed by atoms with E-state index in [4.69, 9.17) is 5.11 Å². The van der Waals surface area contributed by atoms with Crippen LogP contribution in [-0.2, 0) is 9.59 Å². The summed E-state index contributed by atoms with van der Waals surface area (Å²) >= 11 is 0. The summed E-state index contributed by atoms with van der Waals surface area (Å²) in [6.07, 6.45) is 3.43. The highest BCUT2D eigenvalue weighted by Gasteiger charge is 2.57. The predicted molar refractivity (Wildman–Crippen MR) is 62.5 cm³/mol. The molecule has 0 aromatic heterocycles. The van der Waals surface area contributed by atoms with Crippen molar-refractivity contribution in [1.82, 2.24) is 10.6 Å². The van der Waals surface area contributed by atoms with Crippen LogP contribution >= 0.6 is 0 Å². The second-order valence-electron chi connectivity index (χ2n) is 5.18. The summed E-state index contributed by atoms with van der Waals surface area (Å²) in [5.41, 5.74) is 0.173. The minimum atomic E-state index is -0.944. The molecule has 0 bridgehead atoms. The normalized spacial score (nSPS) is 27.5. The summed E-state index contributed by atoms with van der Waals surface area (Å²) in [5, 5.41) is 14.8. The Hall–Kier alpha value is -1.10. The molecule has 3 N–H and O–H groups in total. The lowest BCUT2D eigenvalue weighted by Crippen LogP contribution is -2.42. The molecule has 2 rings (SSSR count). The molecule has 1 saturated heterocycles. The van der Waals surface area contributed by atoms with E-state index >= 15 is 0 Å². The third kappa shape index (κ3) is 2.44. The molecule has 2 aliphatic rings. The molecule has 1 aliphatic carbocycles. The van der Waals surface area contributed by atoms with Gasteiger partial charge in [0.25, 0.3) is 0 Å². The minimum absolute atomic E-state index is 0.0398. The molecule has 5 nitrogen and oxygen atoms in total. The maximum Gasteiger partial charge on any atom is 0.326 e. The number of carboxylic acids is 1. The first kappa shape index (κ1) is 12.4. The average Bonchev–Trinajstić information content (AvgIpc) is 3.00. The SMILES string of the molecule is CC[C@H](NC(=O)C1CC12CCNCC2)C(=O)O. The number of hydrogen-bond acceptors (Lipinski definition) is 3. The van der Waals surface area contributed by atoms with Gasteiger partial charge in [-0.3, -0.25) is 4.79 Å². The van der Waals surface area contributed by atoms with E-state index in [9.17, 15) is 9.59 Å². The Morgan fingerprint density at radius 2 is 2.12 bits per heavy atom. The molecule has 2 fully saturated rings. The number of carbonyl (C=O) groups excluding carboxylic acids is 1. The first-order valence-electron chi connectivity index (χ1n) is 6.33. The molecule has 17 heavy (non-hydrogen) atoms. The molecule has 0 aromatic rings. The van der Waals surface area contributed by atoms with Crippen LogP contribution in [-0.4, -0.2) is 36.1 Å². The maximum atomic E-state index is 12.0. The van der Waals surface area contributed by atoms with Crippen molar-refractivity contribution in [3.8, 4) is 0 Å². The molecule has 1 unspecified atom stereocenters. The monoisotopic (exact) mass is 240 g/mol. The Kier molecular flexibility index (Phi) is 3.38. The lowest BCUT2D eigenvalue weighted by atomic mass is 9.91. The predicted octanol–water partition coefficient (Wildman–Crippen LogP) is 0.355. The van der Waals surface area contributed by atoms with E-state index in [1.807, 2.05) is 0 Å². The van der Waals surface area contributed by atoms with Crippen molar-refractivity contribution in [1.29, 1.82) is 0 Å². The van der Waals surface area contributed by atoms with Gasteiger partial charge in [-0.2, -0.15) is 0 Å². The van der Waals surface area contributed by atoms with Gasteiger partial charge >= 0.3 is 5.97 Å². The average molecular weight is 240 g/mol. The number of hydrogen-bond donors (Lipinski definition) is 3. The van der Waals surface area contributed by atoms with Crippen molar-refractivity contribution in [2.75, 3.05) is 13.1 Å². The van der Waals surface area contributed by atoms with Crippen molar-refractivity contribution in [2.24, 2.45) is 11.3 Å². The van der Waals surface area contributed by atoms with E-state index in [1.54, 1.807) is 6.92 Å². The summed E-state index contributed by atoms with van der Waals surface area (Å²) < 4.78 is 0. The molecule has 0 aromatic carbocycles. The van der Waals surface area contributed by atoms with Crippen LogP contribution in [0.3, 0.4) is 0 Å². The summed E-state index contributed by atoms with van der Waals surface area (Å²) in [6, 6.07) is -0.734. The van der Waals surface area contributed by atoms with Crippen LogP contribution < -0.4 is 10.6 Å². The molecule has 5 heteroatoms. The zero-order valence-corrected chi connectivity index (χ0v) is 10.2. The number of amides is 1. The number of rotatable bonds is 4. The van der Waals surface area contributed by atoms with Gasteiger partial charge in [0, 0.05) is 5.92 Å². The number of aliphatic carboxylic acids is 1. The fourth-order valence-electron chi connectivity index (χ4n) is 2.81. The van der Waals surface area contributed by atoms with E-state index in [1.165, 1.54) is 0 Å². The van der Waals surface area contributed by atoms with Gasteiger partial charge < -0.3 is 15.7 Å². The maximum absolute atomic E-state index is 12.0. The van der Waals surface area contributed by atoms with E-state index in [0.29, 0.717) is 6.42 Å². The van der Waals surface area contributed by atoms with Crippen molar-refractivity contribution >= 4 is 11.9 Å². The highest BCUT2D eigenvalue weighted by atomic mass is 16.4. The summed E-state index contributed by atoms with van der Waals surface area (Å²) in [4.78, 5) is 22.8. The van der Waals surface area contributed by atoms with Gasteiger partial charge in [-0.1, -0.05) is 6.92 Å². The molecule has 1 spiro atoms.